The predicted molar refractivity (Wildman–Crippen MR) is 84.0 cm³/mol. The summed E-state index contributed by atoms with van der Waals surface area (Å²) in [7, 11) is 0. The van der Waals surface area contributed by atoms with E-state index >= 15 is 0 Å². The van der Waals surface area contributed by atoms with Gasteiger partial charge >= 0.3 is 6.08 Å². The van der Waals surface area contributed by atoms with Crippen molar-refractivity contribution in [1.82, 2.24) is 10.3 Å². The van der Waals surface area contributed by atoms with E-state index in [1.165, 1.54) is 0 Å². The summed E-state index contributed by atoms with van der Waals surface area (Å²) in [6.45, 7) is 8.99. The molecule has 0 atom stereocenters. The first-order valence-electron chi connectivity index (χ1n) is 7.03. The van der Waals surface area contributed by atoms with Crippen molar-refractivity contribution >= 4 is 11.6 Å². The monoisotopic (exact) mass is 308 g/mol. The molecule has 0 amide bonds. The molecule has 1 heterocycles. The van der Waals surface area contributed by atoms with Gasteiger partial charge in [0.15, 0.2) is 0 Å². The molecule has 2 rings (SSSR count). The molecule has 0 saturated carbocycles. The number of halogens is 1. The van der Waals surface area contributed by atoms with Crippen molar-refractivity contribution in [2.45, 2.75) is 46.2 Å². The molecule has 1 aromatic carbocycles. The normalized spacial score (nSPS) is 11.7. The van der Waals surface area contributed by atoms with Crippen LogP contribution in [0.3, 0.4) is 0 Å². The van der Waals surface area contributed by atoms with Crippen LogP contribution in [0, 0.1) is 0 Å². The Morgan fingerprint density at radius 2 is 2.10 bits per heavy atom. The molecule has 0 unspecified atom stereocenters. The number of rotatable bonds is 5. The van der Waals surface area contributed by atoms with Gasteiger partial charge in [-0.15, -0.1) is 0 Å². The highest BCUT2D eigenvalue weighted by Gasteiger charge is 2.12. The third kappa shape index (κ3) is 4.76. The molecule has 0 spiro atoms. The second kappa shape index (κ2) is 6.50. The standard InChI is InChI=1S/C16H21ClN2O2/c1-5-11-8-13(6-7-14(11)17)21-15-19-12(10-20-15)9-18-16(2,3)4/h6-8,10,18H,5,9H2,1-4H3. The molecule has 0 radical (unpaired) electrons. The molecule has 0 saturated heterocycles. The quantitative estimate of drug-likeness (QED) is 0.879. The highest BCUT2D eigenvalue weighted by Crippen LogP contribution is 2.26. The Bertz CT molecular complexity index is 603. The van der Waals surface area contributed by atoms with Crippen LogP contribution in [0.25, 0.3) is 0 Å². The van der Waals surface area contributed by atoms with Crippen molar-refractivity contribution in [3.8, 4) is 11.8 Å². The highest BCUT2D eigenvalue weighted by molar-refractivity contribution is 6.31. The first kappa shape index (κ1) is 15.9. The van der Waals surface area contributed by atoms with Crippen LogP contribution >= 0.6 is 11.6 Å². The minimum atomic E-state index is 0.0339. The second-order valence-electron chi connectivity index (χ2n) is 5.92. The number of benzene rings is 1. The van der Waals surface area contributed by atoms with E-state index in [9.17, 15) is 0 Å². The lowest BCUT2D eigenvalue weighted by Gasteiger charge is -2.19. The van der Waals surface area contributed by atoms with Gasteiger partial charge in [-0.1, -0.05) is 18.5 Å². The van der Waals surface area contributed by atoms with E-state index < -0.39 is 0 Å². The van der Waals surface area contributed by atoms with Crippen molar-refractivity contribution in [2.24, 2.45) is 0 Å². The van der Waals surface area contributed by atoms with Crippen LogP contribution in [-0.2, 0) is 13.0 Å². The first-order valence-corrected chi connectivity index (χ1v) is 7.41. The number of aromatic nitrogens is 1. The number of hydrogen-bond donors (Lipinski definition) is 1. The molecule has 0 aliphatic carbocycles. The van der Waals surface area contributed by atoms with Crippen LogP contribution in [0.5, 0.6) is 11.8 Å². The van der Waals surface area contributed by atoms with E-state index in [-0.39, 0.29) is 11.6 Å². The van der Waals surface area contributed by atoms with Gasteiger partial charge in [-0.2, -0.15) is 4.98 Å². The summed E-state index contributed by atoms with van der Waals surface area (Å²) in [6.07, 6.45) is 2.69. The number of oxazole rings is 1. The molecule has 4 nitrogen and oxygen atoms in total. The maximum atomic E-state index is 6.08. The topological polar surface area (TPSA) is 47.3 Å². The Morgan fingerprint density at radius 3 is 2.76 bits per heavy atom. The van der Waals surface area contributed by atoms with Gasteiger partial charge in [-0.3, -0.25) is 0 Å². The van der Waals surface area contributed by atoms with Gasteiger partial charge in [0.25, 0.3) is 0 Å². The Hall–Kier alpha value is -1.52. The molecule has 5 heteroatoms. The van der Waals surface area contributed by atoms with Crippen molar-refractivity contribution < 1.29 is 9.15 Å². The first-order chi connectivity index (χ1) is 9.87. The number of nitrogens with zero attached hydrogens (tertiary/aromatic N) is 1. The van der Waals surface area contributed by atoms with E-state index in [1.807, 2.05) is 19.1 Å². The van der Waals surface area contributed by atoms with Gasteiger partial charge in [-0.05, 0) is 51.0 Å². The van der Waals surface area contributed by atoms with E-state index in [0.29, 0.717) is 12.3 Å². The lowest BCUT2D eigenvalue weighted by atomic mass is 10.1. The van der Waals surface area contributed by atoms with Crippen LogP contribution < -0.4 is 10.1 Å². The summed E-state index contributed by atoms with van der Waals surface area (Å²) >= 11 is 6.08. The molecular formula is C16H21ClN2O2. The maximum Gasteiger partial charge on any atom is 0.399 e. The van der Waals surface area contributed by atoms with Crippen LogP contribution in [0.15, 0.2) is 28.9 Å². The number of aryl methyl sites for hydroxylation is 1. The van der Waals surface area contributed by atoms with Crippen LogP contribution in [0.4, 0.5) is 0 Å². The van der Waals surface area contributed by atoms with Crippen molar-refractivity contribution in [1.29, 1.82) is 0 Å². The van der Waals surface area contributed by atoms with Gasteiger partial charge in [-0.25, -0.2) is 0 Å². The predicted octanol–water partition coefficient (Wildman–Crippen LogP) is 4.57. The molecular weight excluding hydrogens is 288 g/mol. The van der Waals surface area contributed by atoms with Crippen LogP contribution in [-0.4, -0.2) is 10.5 Å². The molecule has 1 aromatic heterocycles. The van der Waals surface area contributed by atoms with Gasteiger partial charge in [0.1, 0.15) is 12.0 Å². The lowest BCUT2D eigenvalue weighted by Crippen LogP contribution is -2.35. The molecule has 0 aliphatic heterocycles. The second-order valence-corrected chi connectivity index (χ2v) is 6.32. The average Bonchev–Trinajstić information content (AvgIpc) is 2.85. The number of nitrogens with one attached hydrogen (secondary N) is 1. The third-order valence-electron chi connectivity index (χ3n) is 2.93. The summed E-state index contributed by atoms with van der Waals surface area (Å²) in [5, 5.41) is 4.09. The molecule has 0 aliphatic rings. The zero-order valence-electron chi connectivity index (χ0n) is 12.9. The fourth-order valence-electron chi connectivity index (χ4n) is 1.76. The van der Waals surface area contributed by atoms with Crippen molar-refractivity contribution in [2.75, 3.05) is 0 Å². The smallest absolute Gasteiger partial charge is 0.399 e. The van der Waals surface area contributed by atoms with E-state index in [2.05, 4.69) is 31.1 Å². The summed E-state index contributed by atoms with van der Waals surface area (Å²) in [5.41, 5.74) is 1.88. The third-order valence-corrected chi connectivity index (χ3v) is 3.30. The fourth-order valence-corrected chi connectivity index (χ4v) is 2.01. The molecule has 0 fully saturated rings. The summed E-state index contributed by atoms with van der Waals surface area (Å²) in [5.74, 6) is 0.674. The Morgan fingerprint density at radius 1 is 1.33 bits per heavy atom. The Balaban J connectivity index is 2.02. The minimum Gasteiger partial charge on any atom is -0.417 e. The largest absolute Gasteiger partial charge is 0.417 e. The van der Waals surface area contributed by atoms with Crippen molar-refractivity contribution in [3.05, 3.63) is 40.7 Å². The Kier molecular flexibility index (Phi) is 4.91. The maximum absolute atomic E-state index is 6.08. The van der Waals surface area contributed by atoms with Gasteiger partial charge in [0.05, 0.1) is 5.69 Å². The van der Waals surface area contributed by atoms with E-state index in [1.54, 1.807) is 12.3 Å². The SMILES string of the molecule is CCc1cc(Oc2nc(CNC(C)(C)C)co2)ccc1Cl. The van der Waals surface area contributed by atoms with Gasteiger partial charge in [0.2, 0.25) is 0 Å². The molecule has 21 heavy (non-hydrogen) atoms. The summed E-state index contributed by atoms with van der Waals surface area (Å²) in [6, 6.07) is 5.53. The number of ether oxygens (including phenoxy) is 1. The molecule has 114 valence electrons. The highest BCUT2D eigenvalue weighted by atomic mass is 35.5. The minimum absolute atomic E-state index is 0.0339. The van der Waals surface area contributed by atoms with E-state index in [0.717, 1.165) is 22.7 Å². The number of hydrogen-bond acceptors (Lipinski definition) is 4. The zero-order valence-corrected chi connectivity index (χ0v) is 13.6. The average molecular weight is 309 g/mol. The molecule has 0 bridgehead atoms. The molecule has 1 N–H and O–H groups in total. The zero-order chi connectivity index (χ0) is 15.5. The van der Waals surface area contributed by atoms with Crippen LogP contribution in [0.1, 0.15) is 39.0 Å². The lowest BCUT2D eigenvalue weighted by molar-refractivity contribution is 0.330. The van der Waals surface area contributed by atoms with Gasteiger partial charge < -0.3 is 14.5 Å². The summed E-state index contributed by atoms with van der Waals surface area (Å²) in [4.78, 5) is 4.30. The van der Waals surface area contributed by atoms with Crippen molar-refractivity contribution in [3.63, 3.8) is 0 Å². The van der Waals surface area contributed by atoms with E-state index in [4.69, 9.17) is 20.8 Å². The molecule has 2 aromatic rings. The summed E-state index contributed by atoms with van der Waals surface area (Å²) < 4.78 is 11.0. The van der Waals surface area contributed by atoms with Gasteiger partial charge in [0, 0.05) is 17.1 Å². The Labute approximate surface area is 130 Å². The fraction of sp³-hybridized carbons (Fsp3) is 0.438. The van der Waals surface area contributed by atoms with Crippen LogP contribution in [0.2, 0.25) is 5.02 Å².